The van der Waals surface area contributed by atoms with Gasteiger partial charge in [0, 0.05) is 12.1 Å². The van der Waals surface area contributed by atoms with E-state index in [0.717, 1.165) is 0 Å². The van der Waals surface area contributed by atoms with Crippen LogP contribution in [0.3, 0.4) is 0 Å². The maximum Gasteiger partial charge on any atom is 0.576 e. The fourth-order valence-corrected chi connectivity index (χ4v) is 1.39. The summed E-state index contributed by atoms with van der Waals surface area (Å²) in [6.45, 7) is 0. The summed E-state index contributed by atoms with van der Waals surface area (Å²) >= 11 is 0. The van der Waals surface area contributed by atoms with E-state index in [4.69, 9.17) is 20.8 Å². The van der Waals surface area contributed by atoms with Crippen LogP contribution in [0.5, 0.6) is 11.5 Å². The summed E-state index contributed by atoms with van der Waals surface area (Å²) in [4.78, 5) is 0. The van der Waals surface area contributed by atoms with Crippen LogP contribution in [0.2, 0.25) is 0 Å². The summed E-state index contributed by atoms with van der Waals surface area (Å²) in [6.07, 6.45) is 0. The van der Waals surface area contributed by atoms with Crippen LogP contribution in [-0.2, 0) is 0 Å². The van der Waals surface area contributed by atoms with E-state index in [0.29, 0.717) is 11.5 Å². The van der Waals surface area contributed by atoms with Gasteiger partial charge in [0.05, 0.1) is 11.4 Å². The quantitative estimate of drug-likeness (QED) is 0.653. The number of anilines is 2. The fourth-order valence-electron chi connectivity index (χ4n) is 1.39. The molecule has 0 spiro atoms. The largest absolute Gasteiger partial charge is 0.576 e. The zero-order chi connectivity index (χ0) is 13.8. The average molecular weight is 264 g/mol. The predicted molar refractivity (Wildman–Crippen MR) is 70.0 cm³/mol. The number of hydrogen-bond donors (Lipinski definition) is 2. The molecular weight excluding hydrogens is 253 g/mol. The van der Waals surface area contributed by atoms with Crippen LogP contribution in [0.1, 0.15) is 0 Å². The summed E-state index contributed by atoms with van der Waals surface area (Å²) in [6, 6.07) is 7.93. The molecule has 0 unspecified atom stereocenters. The minimum Gasteiger partial charge on any atom is -0.528 e. The smallest absolute Gasteiger partial charge is 0.528 e. The molecule has 0 saturated carbocycles. The molecule has 2 rings (SSSR count). The van der Waals surface area contributed by atoms with Gasteiger partial charge in [-0.15, -0.1) is 0 Å². The van der Waals surface area contributed by atoms with E-state index < -0.39 is 11.6 Å². The van der Waals surface area contributed by atoms with Crippen LogP contribution in [0.15, 0.2) is 36.4 Å². The topological polar surface area (TPSA) is 70.5 Å². The molecule has 0 aliphatic rings. The highest BCUT2D eigenvalue weighted by Gasteiger charge is 2.04. The Bertz CT molecular complexity index is 544. The van der Waals surface area contributed by atoms with Crippen LogP contribution in [0.25, 0.3) is 0 Å². The van der Waals surface area contributed by atoms with Gasteiger partial charge in [0.2, 0.25) is 0 Å². The van der Waals surface area contributed by atoms with Crippen molar-refractivity contribution < 1.29 is 18.1 Å². The van der Waals surface area contributed by atoms with E-state index in [1.165, 1.54) is 36.4 Å². The molecule has 7 heteroatoms. The first-order chi connectivity index (χ1) is 9.06. The monoisotopic (exact) mass is 264 g/mol. The lowest BCUT2D eigenvalue weighted by molar-refractivity contribution is 0.457. The molecule has 0 fully saturated rings. The second-order valence-electron chi connectivity index (χ2n) is 3.77. The SMILES string of the molecule is Nc1cc(OBOc2ccc(F)c(N)c2)ccc1F. The van der Waals surface area contributed by atoms with Gasteiger partial charge in [-0.1, -0.05) is 0 Å². The fraction of sp³-hybridized carbons (Fsp3) is 0. The summed E-state index contributed by atoms with van der Waals surface area (Å²) < 4.78 is 36.2. The molecule has 0 aromatic heterocycles. The molecule has 0 aliphatic carbocycles. The van der Waals surface area contributed by atoms with Gasteiger partial charge in [-0.05, 0) is 24.3 Å². The van der Waals surface area contributed by atoms with Crippen LogP contribution in [-0.4, -0.2) is 7.69 Å². The molecule has 0 saturated heterocycles. The van der Waals surface area contributed by atoms with Crippen molar-refractivity contribution in [3.8, 4) is 11.5 Å². The molecule has 0 aliphatic heterocycles. The van der Waals surface area contributed by atoms with Crippen LogP contribution in [0, 0.1) is 11.6 Å². The van der Waals surface area contributed by atoms with E-state index in [9.17, 15) is 8.78 Å². The molecule has 4 N–H and O–H groups in total. The minimum absolute atomic E-state index is 0.0106. The van der Waals surface area contributed by atoms with E-state index in [-0.39, 0.29) is 19.1 Å². The average Bonchev–Trinajstić information content (AvgIpc) is 2.38. The highest BCUT2D eigenvalue weighted by atomic mass is 19.1. The van der Waals surface area contributed by atoms with Crippen molar-refractivity contribution in [1.29, 1.82) is 0 Å². The van der Waals surface area contributed by atoms with Crippen LogP contribution >= 0.6 is 0 Å². The Morgan fingerprint density at radius 2 is 1.21 bits per heavy atom. The van der Waals surface area contributed by atoms with E-state index in [1.54, 1.807) is 0 Å². The third-order valence-electron chi connectivity index (χ3n) is 2.39. The molecule has 98 valence electrons. The van der Waals surface area contributed by atoms with E-state index >= 15 is 0 Å². The zero-order valence-electron chi connectivity index (χ0n) is 9.90. The molecule has 19 heavy (non-hydrogen) atoms. The van der Waals surface area contributed by atoms with Gasteiger partial charge in [0.25, 0.3) is 0 Å². The minimum atomic E-state index is -0.514. The maximum absolute atomic E-state index is 12.9. The molecular formula is C12H11BF2N2O2. The normalized spacial score (nSPS) is 10.0. The Morgan fingerprint density at radius 3 is 1.58 bits per heavy atom. The molecule has 0 amide bonds. The summed E-state index contributed by atoms with van der Waals surface area (Å²) in [7, 11) is -0.129. The molecule has 0 bridgehead atoms. The van der Waals surface area contributed by atoms with Crippen molar-refractivity contribution in [1.82, 2.24) is 0 Å². The van der Waals surface area contributed by atoms with Crippen LogP contribution < -0.4 is 20.8 Å². The first kappa shape index (κ1) is 13.0. The predicted octanol–water partition coefficient (Wildman–Crippen LogP) is 1.85. The number of rotatable bonds is 4. The molecule has 0 atom stereocenters. The van der Waals surface area contributed by atoms with Gasteiger partial charge in [0.15, 0.2) is 0 Å². The summed E-state index contributed by atoms with van der Waals surface area (Å²) in [5.74, 6) is -0.290. The number of nitrogen functional groups attached to an aromatic ring is 2. The van der Waals surface area contributed by atoms with Crippen molar-refractivity contribution >= 4 is 19.1 Å². The van der Waals surface area contributed by atoms with Crippen molar-refractivity contribution in [2.75, 3.05) is 11.5 Å². The second kappa shape index (κ2) is 5.47. The van der Waals surface area contributed by atoms with E-state index in [2.05, 4.69) is 0 Å². The molecule has 2 aromatic carbocycles. The van der Waals surface area contributed by atoms with E-state index in [1.807, 2.05) is 0 Å². The zero-order valence-corrected chi connectivity index (χ0v) is 9.90. The standard InChI is InChI=1S/C12H11BF2N2O2/c14-9-3-1-7(5-11(9)16)18-13-19-8-2-4-10(15)12(17)6-8/h1-6,13H,16-17H2. The highest BCUT2D eigenvalue weighted by molar-refractivity contribution is 6.20. The van der Waals surface area contributed by atoms with Crippen LogP contribution in [0.4, 0.5) is 20.2 Å². The lowest BCUT2D eigenvalue weighted by Crippen LogP contribution is -2.11. The first-order valence-electron chi connectivity index (χ1n) is 5.42. The van der Waals surface area contributed by atoms with Crippen molar-refractivity contribution in [2.45, 2.75) is 0 Å². The van der Waals surface area contributed by atoms with Crippen molar-refractivity contribution in [3.05, 3.63) is 48.0 Å². The summed E-state index contributed by atoms with van der Waals surface area (Å²) in [5, 5.41) is 0. The van der Waals surface area contributed by atoms with Gasteiger partial charge >= 0.3 is 7.69 Å². The van der Waals surface area contributed by atoms with Gasteiger partial charge in [0.1, 0.15) is 23.1 Å². The number of benzene rings is 2. The lowest BCUT2D eigenvalue weighted by Gasteiger charge is -2.08. The van der Waals surface area contributed by atoms with Gasteiger partial charge in [-0.3, -0.25) is 0 Å². The Hall–Kier alpha value is -2.44. The Morgan fingerprint density at radius 1 is 0.789 bits per heavy atom. The summed E-state index contributed by atoms with van der Waals surface area (Å²) in [5.41, 5.74) is 10.8. The molecule has 0 heterocycles. The third-order valence-corrected chi connectivity index (χ3v) is 2.39. The first-order valence-corrected chi connectivity index (χ1v) is 5.42. The molecule has 4 nitrogen and oxygen atoms in total. The number of nitrogens with two attached hydrogens (primary N) is 2. The highest BCUT2D eigenvalue weighted by Crippen LogP contribution is 2.20. The lowest BCUT2D eigenvalue weighted by atomic mass is 10.2. The Labute approximate surface area is 109 Å². The number of hydrogen-bond acceptors (Lipinski definition) is 4. The van der Waals surface area contributed by atoms with Gasteiger partial charge < -0.3 is 20.8 Å². The second-order valence-corrected chi connectivity index (χ2v) is 3.77. The van der Waals surface area contributed by atoms with Gasteiger partial charge in [-0.2, -0.15) is 0 Å². The maximum atomic E-state index is 12.9. The third kappa shape index (κ3) is 3.28. The number of halogens is 2. The molecule has 0 radical (unpaired) electrons. The molecule has 2 aromatic rings. The van der Waals surface area contributed by atoms with Crippen molar-refractivity contribution in [3.63, 3.8) is 0 Å². The Kier molecular flexibility index (Phi) is 3.75. The van der Waals surface area contributed by atoms with Gasteiger partial charge in [-0.25, -0.2) is 8.78 Å². The Balaban J connectivity index is 1.92. The van der Waals surface area contributed by atoms with Crippen molar-refractivity contribution in [2.24, 2.45) is 0 Å².